The number of hydrogen-bond donors (Lipinski definition) is 1. The summed E-state index contributed by atoms with van der Waals surface area (Å²) in [6.07, 6.45) is 3.68. The molecule has 1 aromatic carbocycles. The second-order valence-electron chi connectivity index (χ2n) is 5.21. The first-order chi connectivity index (χ1) is 11.1. The number of aromatic nitrogens is 4. The summed E-state index contributed by atoms with van der Waals surface area (Å²) in [5, 5.41) is 14.7. The second kappa shape index (κ2) is 5.99. The molecule has 0 fully saturated rings. The van der Waals surface area contributed by atoms with Crippen molar-refractivity contribution in [2.45, 2.75) is 26.3 Å². The molecule has 0 saturated heterocycles. The summed E-state index contributed by atoms with van der Waals surface area (Å²) in [7, 11) is 0. The van der Waals surface area contributed by atoms with Gasteiger partial charge in [0.2, 0.25) is 11.6 Å². The van der Waals surface area contributed by atoms with Crippen LogP contribution in [0.5, 0.6) is 0 Å². The lowest BCUT2D eigenvalue weighted by Crippen LogP contribution is -2.17. The smallest absolute Gasteiger partial charge is 0.354 e. The molecule has 8 heteroatoms. The van der Waals surface area contributed by atoms with Gasteiger partial charge >= 0.3 is 5.69 Å². The third-order valence-electron chi connectivity index (χ3n) is 3.66. The molecule has 1 unspecified atom stereocenters. The maximum atomic E-state index is 11.6. The molecule has 1 N–H and O–H groups in total. The van der Waals surface area contributed by atoms with Crippen molar-refractivity contribution in [3.63, 3.8) is 0 Å². The van der Waals surface area contributed by atoms with Gasteiger partial charge in [-0.15, -0.1) is 0 Å². The van der Waals surface area contributed by atoms with Gasteiger partial charge in [0, 0.05) is 6.04 Å². The number of para-hydroxylation sites is 2. The number of fused-ring (bicyclic) bond motifs is 1. The zero-order valence-electron chi connectivity index (χ0n) is 12.8. The van der Waals surface area contributed by atoms with E-state index in [1.807, 2.05) is 38.1 Å². The number of nitrogens with zero attached hydrogens (tertiary/aromatic N) is 5. The molecule has 3 aromatic rings. The topological polar surface area (TPSA) is 98.8 Å². The first-order valence-corrected chi connectivity index (χ1v) is 7.30. The van der Waals surface area contributed by atoms with E-state index in [1.165, 1.54) is 12.7 Å². The number of imidazole rings is 1. The molecule has 0 radical (unpaired) electrons. The molecule has 0 saturated carbocycles. The number of nitrogens with one attached hydrogen (secondary N) is 1. The minimum Gasteiger partial charge on any atom is -0.362 e. The van der Waals surface area contributed by atoms with Crippen LogP contribution in [0.25, 0.3) is 16.9 Å². The normalized spacial score (nSPS) is 12.3. The van der Waals surface area contributed by atoms with Gasteiger partial charge in [-0.2, -0.15) is 0 Å². The van der Waals surface area contributed by atoms with E-state index in [1.54, 1.807) is 4.57 Å². The van der Waals surface area contributed by atoms with E-state index in [0.717, 1.165) is 17.5 Å². The minimum absolute atomic E-state index is 0.0657. The number of nitro groups is 1. The van der Waals surface area contributed by atoms with Crippen LogP contribution in [0.1, 0.15) is 20.3 Å². The number of benzene rings is 1. The van der Waals surface area contributed by atoms with Crippen LogP contribution >= 0.6 is 0 Å². The Morgan fingerprint density at radius 3 is 2.83 bits per heavy atom. The molecular weight excluding hydrogens is 296 g/mol. The molecule has 2 heterocycles. The summed E-state index contributed by atoms with van der Waals surface area (Å²) in [5.74, 6) is 0.414. The Hall–Kier alpha value is -3.03. The van der Waals surface area contributed by atoms with E-state index in [2.05, 4.69) is 20.3 Å². The molecule has 3 rings (SSSR count). The molecule has 0 bridgehead atoms. The lowest BCUT2D eigenvalue weighted by molar-refractivity contribution is -0.384. The van der Waals surface area contributed by atoms with Gasteiger partial charge < -0.3 is 5.32 Å². The molecule has 0 aliphatic heterocycles. The molecule has 0 amide bonds. The van der Waals surface area contributed by atoms with Crippen LogP contribution < -0.4 is 5.32 Å². The van der Waals surface area contributed by atoms with E-state index in [9.17, 15) is 10.1 Å². The standard InChI is InChI=1S/C15H16N6O2/c1-3-10(2)19-14-13(21(22)23)15(17-8-16-14)20-9-18-11-6-4-5-7-12(11)20/h4-10H,3H2,1-2H3,(H,16,17,19). The Kier molecular flexibility index (Phi) is 3.88. The van der Waals surface area contributed by atoms with Crippen molar-refractivity contribution >= 4 is 22.5 Å². The molecule has 8 nitrogen and oxygen atoms in total. The SMILES string of the molecule is CCC(C)Nc1ncnc(-n2cnc3ccccc32)c1[N+](=O)[O-]. The highest BCUT2D eigenvalue weighted by atomic mass is 16.6. The van der Waals surface area contributed by atoms with Crippen LogP contribution in [0.4, 0.5) is 11.5 Å². The number of anilines is 1. The molecule has 0 aliphatic carbocycles. The molecule has 1 atom stereocenters. The predicted octanol–water partition coefficient (Wildman–Crippen LogP) is 2.93. The monoisotopic (exact) mass is 312 g/mol. The minimum atomic E-state index is -0.463. The highest BCUT2D eigenvalue weighted by Crippen LogP contribution is 2.30. The van der Waals surface area contributed by atoms with E-state index in [0.29, 0.717) is 0 Å². The fourth-order valence-corrected chi connectivity index (χ4v) is 2.28. The van der Waals surface area contributed by atoms with Crippen LogP contribution in [0.15, 0.2) is 36.9 Å². The van der Waals surface area contributed by atoms with Crippen molar-refractivity contribution in [2.24, 2.45) is 0 Å². The van der Waals surface area contributed by atoms with Gasteiger partial charge in [-0.1, -0.05) is 19.1 Å². The van der Waals surface area contributed by atoms with Crippen molar-refractivity contribution < 1.29 is 4.92 Å². The zero-order chi connectivity index (χ0) is 16.4. The number of rotatable bonds is 5. The Balaban J connectivity index is 2.19. The molecule has 0 spiro atoms. The van der Waals surface area contributed by atoms with Gasteiger partial charge in [0.15, 0.2) is 0 Å². The van der Waals surface area contributed by atoms with Gasteiger partial charge in [-0.3, -0.25) is 14.7 Å². The van der Waals surface area contributed by atoms with Crippen LogP contribution in [0.3, 0.4) is 0 Å². The average Bonchev–Trinajstić information content (AvgIpc) is 2.98. The van der Waals surface area contributed by atoms with Gasteiger partial charge in [0.1, 0.15) is 12.7 Å². The molecule has 2 aromatic heterocycles. The predicted molar refractivity (Wildman–Crippen MR) is 86.7 cm³/mol. The van der Waals surface area contributed by atoms with Crippen molar-refractivity contribution in [1.82, 2.24) is 19.5 Å². The zero-order valence-corrected chi connectivity index (χ0v) is 12.8. The fraction of sp³-hybridized carbons (Fsp3) is 0.267. The average molecular weight is 312 g/mol. The summed E-state index contributed by atoms with van der Waals surface area (Å²) >= 11 is 0. The Labute approximate surface area is 132 Å². The van der Waals surface area contributed by atoms with Crippen LogP contribution in [-0.2, 0) is 0 Å². The first-order valence-electron chi connectivity index (χ1n) is 7.30. The summed E-state index contributed by atoms with van der Waals surface area (Å²) in [6.45, 7) is 3.94. The van der Waals surface area contributed by atoms with Gasteiger partial charge in [-0.25, -0.2) is 15.0 Å². The quantitative estimate of drug-likeness (QED) is 0.574. The maximum absolute atomic E-state index is 11.6. The summed E-state index contributed by atoms with van der Waals surface area (Å²) < 4.78 is 1.61. The van der Waals surface area contributed by atoms with E-state index in [4.69, 9.17) is 0 Å². The second-order valence-corrected chi connectivity index (χ2v) is 5.21. The maximum Gasteiger partial charge on any atom is 0.354 e. The van der Waals surface area contributed by atoms with E-state index >= 15 is 0 Å². The van der Waals surface area contributed by atoms with Crippen molar-refractivity contribution in [3.05, 3.63) is 47.0 Å². The van der Waals surface area contributed by atoms with Gasteiger partial charge in [0.05, 0.1) is 16.0 Å². The Morgan fingerprint density at radius 1 is 1.30 bits per heavy atom. The van der Waals surface area contributed by atoms with Gasteiger partial charge in [-0.05, 0) is 25.5 Å². The van der Waals surface area contributed by atoms with Crippen LogP contribution in [-0.4, -0.2) is 30.5 Å². The largest absolute Gasteiger partial charge is 0.362 e. The highest BCUT2D eigenvalue weighted by molar-refractivity contribution is 5.79. The van der Waals surface area contributed by atoms with Crippen molar-refractivity contribution in [2.75, 3.05) is 5.32 Å². The molecule has 118 valence electrons. The summed E-state index contributed by atoms with van der Waals surface area (Å²) in [4.78, 5) is 23.6. The summed E-state index contributed by atoms with van der Waals surface area (Å²) in [6, 6.07) is 7.47. The lowest BCUT2D eigenvalue weighted by Gasteiger charge is -2.13. The first kappa shape index (κ1) is 14.9. The lowest BCUT2D eigenvalue weighted by atomic mass is 10.2. The van der Waals surface area contributed by atoms with Crippen LogP contribution in [0.2, 0.25) is 0 Å². The van der Waals surface area contributed by atoms with Crippen molar-refractivity contribution in [3.8, 4) is 5.82 Å². The third-order valence-corrected chi connectivity index (χ3v) is 3.66. The summed E-state index contributed by atoms with van der Waals surface area (Å²) in [5.41, 5.74) is 1.34. The van der Waals surface area contributed by atoms with Crippen LogP contribution in [0, 0.1) is 10.1 Å². The number of hydrogen-bond acceptors (Lipinski definition) is 6. The third kappa shape index (κ3) is 2.70. The van der Waals surface area contributed by atoms with E-state index < -0.39 is 4.92 Å². The van der Waals surface area contributed by atoms with Gasteiger partial charge in [0.25, 0.3) is 0 Å². The van der Waals surface area contributed by atoms with Crippen molar-refractivity contribution in [1.29, 1.82) is 0 Å². The fourth-order valence-electron chi connectivity index (χ4n) is 2.28. The molecule has 23 heavy (non-hydrogen) atoms. The Bertz CT molecular complexity index is 860. The highest BCUT2D eigenvalue weighted by Gasteiger charge is 2.25. The Morgan fingerprint density at radius 2 is 2.09 bits per heavy atom. The van der Waals surface area contributed by atoms with E-state index in [-0.39, 0.29) is 23.4 Å². The molecule has 0 aliphatic rings. The molecular formula is C15H16N6O2.